The SMILES string of the molecule is O=Cc1cccnc1-c1ccco1. The van der Waals surface area contributed by atoms with Crippen LogP contribution in [0, 0.1) is 0 Å². The van der Waals surface area contributed by atoms with E-state index in [1.165, 1.54) is 0 Å². The van der Waals surface area contributed by atoms with Crippen molar-refractivity contribution < 1.29 is 9.21 Å². The van der Waals surface area contributed by atoms with E-state index in [-0.39, 0.29) is 0 Å². The Labute approximate surface area is 75.0 Å². The average Bonchev–Trinajstić information content (AvgIpc) is 2.70. The minimum atomic E-state index is 0.539. The van der Waals surface area contributed by atoms with Gasteiger partial charge in [0.15, 0.2) is 12.0 Å². The van der Waals surface area contributed by atoms with Crippen molar-refractivity contribution in [1.82, 2.24) is 4.98 Å². The molecule has 0 aliphatic carbocycles. The van der Waals surface area contributed by atoms with Gasteiger partial charge in [0.25, 0.3) is 0 Å². The van der Waals surface area contributed by atoms with Gasteiger partial charge < -0.3 is 4.42 Å². The van der Waals surface area contributed by atoms with Crippen LogP contribution in [-0.2, 0) is 0 Å². The van der Waals surface area contributed by atoms with Gasteiger partial charge in [-0.05, 0) is 24.3 Å². The summed E-state index contributed by atoms with van der Waals surface area (Å²) in [5.74, 6) is 0.614. The van der Waals surface area contributed by atoms with Crippen LogP contribution < -0.4 is 0 Å². The third kappa shape index (κ3) is 1.36. The highest BCUT2D eigenvalue weighted by atomic mass is 16.3. The first-order valence-corrected chi connectivity index (χ1v) is 3.86. The number of hydrogen-bond acceptors (Lipinski definition) is 3. The normalized spacial score (nSPS) is 9.85. The van der Waals surface area contributed by atoms with Gasteiger partial charge in [0.2, 0.25) is 0 Å². The lowest BCUT2D eigenvalue weighted by atomic mass is 10.2. The summed E-state index contributed by atoms with van der Waals surface area (Å²) in [5.41, 5.74) is 1.12. The van der Waals surface area contributed by atoms with E-state index in [1.54, 1.807) is 36.7 Å². The van der Waals surface area contributed by atoms with Crippen molar-refractivity contribution in [3.63, 3.8) is 0 Å². The smallest absolute Gasteiger partial charge is 0.152 e. The quantitative estimate of drug-likeness (QED) is 0.653. The Balaban J connectivity index is 2.57. The summed E-state index contributed by atoms with van der Waals surface area (Å²) in [4.78, 5) is 14.7. The third-order valence-electron chi connectivity index (χ3n) is 1.72. The van der Waals surface area contributed by atoms with Crippen LogP contribution in [0.3, 0.4) is 0 Å². The lowest BCUT2D eigenvalue weighted by molar-refractivity contribution is 0.112. The maximum absolute atomic E-state index is 10.6. The summed E-state index contributed by atoms with van der Waals surface area (Å²) in [6, 6.07) is 6.96. The number of nitrogens with zero attached hydrogens (tertiary/aromatic N) is 1. The number of aldehydes is 1. The second-order valence-corrected chi connectivity index (χ2v) is 2.54. The molecule has 3 heteroatoms. The minimum Gasteiger partial charge on any atom is -0.463 e. The summed E-state index contributed by atoms with van der Waals surface area (Å²) < 4.78 is 5.14. The maximum atomic E-state index is 10.6. The highest BCUT2D eigenvalue weighted by Gasteiger charge is 2.06. The molecule has 0 saturated heterocycles. The summed E-state index contributed by atoms with van der Waals surface area (Å²) in [6.45, 7) is 0. The van der Waals surface area contributed by atoms with Crippen LogP contribution in [0.15, 0.2) is 41.1 Å². The van der Waals surface area contributed by atoms with E-state index in [2.05, 4.69) is 4.98 Å². The molecule has 2 heterocycles. The highest BCUT2D eigenvalue weighted by Crippen LogP contribution is 2.19. The van der Waals surface area contributed by atoms with Crippen LogP contribution in [0.2, 0.25) is 0 Å². The molecule has 2 rings (SSSR count). The molecule has 2 aromatic rings. The molecule has 0 aromatic carbocycles. The van der Waals surface area contributed by atoms with Gasteiger partial charge in [0.1, 0.15) is 5.69 Å². The Morgan fingerprint density at radius 3 is 2.92 bits per heavy atom. The van der Waals surface area contributed by atoms with Crippen molar-refractivity contribution in [3.05, 3.63) is 42.3 Å². The zero-order valence-electron chi connectivity index (χ0n) is 6.81. The van der Waals surface area contributed by atoms with Gasteiger partial charge in [0.05, 0.1) is 6.26 Å². The van der Waals surface area contributed by atoms with Crippen molar-refractivity contribution in [2.24, 2.45) is 0 Å². The summed E-state index contributed by atoms with van der Waals surface area (Å²) >= 11 is 0. The van der Waals surface area contributed by atoms with E-state index in [4.69, 9.17) is 4.42 Å². The van der Waals surface area contributed by atoms with Gasteiger partial charge in [-0.1, -0.05) is 0 Å². The molecule has 13 heavy (non-hydrogen) atoms. The van der Waals surface area contributed by atoms with Crippen LogP contribution in [0.5, 0.6) is 0 Å². The number of carbonyl (C=O) groups excluding carboxylic acids is 1. The van der Waals surface area contributed by atoms with Gasteiger partial charge >= 0.3 is 0 Å². The zero-order valence-corrected chi connectivity index (χ0v) is 6.81. The van der Waals surface area contributed by atoms with E-state index >= 15 is 0 Å². The minimum absolute atomic E-state index is 0.539. The van der Waals surface area contributed by atoms with Gasteiger partial charge in [-0.15, -0.1) is 0 Å². The molecule has 3 nitrogen and oxygen atoms in total. The Kier molecular flexibility index (Phi) is 1.92. The van der Waals surface area contributed by atoms with Crippen LogP contribution >= 0.6 is 0 Å². The molecule has 0 unspecified atom stereocenters. The van der Waals surface area contributed by atoms with E-state index in [9.17, 15) is 4.79 Å². The van der Waals surface area contributed by atoms with E-state index in [0.29, 0.717) is 17.0 Å². The zero-order chi connectivity index (χ0) is 9.10. The fourth-order valence-electron chi connectivity index (χ4n) is 1.13. The number of aromatic nitrogens is 1. The number of hydrogen-bond donors (Lipinski definition) is 0. The Bertz CT molecular complexity index is 407. The lowest BCUT2D eigenvalue weighted by Crippen LogP contribution is -1.88. The molecule has 0 saturated carbocycles. The van der Waals surface area contributed by atoms with Crippen LogP contribution in [0.4, 0.5) is 0 Å². The molecule has 2 aromatic heterocycles. The largest absolute Gasteiger partial charge is 0.463 e. The first kappa shape index (κ1) is 7.73. The molecule has 0 spiro atoms. The molecule has 64 valence electrons. The van der Waals surface area contributed by atoms with Crippen LogP contribution in [0.1, 0.15) is 10.4 Å². The predicted octanol–water partition coefficient (Wildman–Crippen LogP) is 2.15. The van der Waals surface area contributed by atoms with Crippen molar-refractivity contribution in [2.45, 2.75) is 0 Å². The lowest BCUT2D eigenvalue weighted by Gasteiger charge is -1.97. The monoisotopic (exact) mass is 173 g/mol. The fourth-order valence-corrected chi connectivity index (χ4v) is 1.13. The average molecular weight is 173 g/mol. The van der Waals surface area contributed by atoms with Gasteiger partial charge in [-0.25, -0.2) is 0 Å². The van der Waals surface area contributed by atoms with Gasteiger partial charge in [-0.3, -0.25) is 9.78 Å². The molecule has 0 atom stereocenters. The standard InChI is InChI=1S/C10H7NO2/c12-7-8-3-1-5-11-10(8)9-4-2-6-13-9/h1-7H. The number of furan rings is 1. The second-order valence-electron chi connectivity index (χ2n) is 2.54. The first-order valence-electron chi connectivity index (χ1n) is 3.86. The number of carbonyl (C=O) groups is 1. The first-order chi connectivity index (χ1) is 6.42. The molecule has 0 N–H and O–H groups in total. The Morgan fingerprint density at radius 2 is 2.23 bits per heavy atom. The van der Waals surface area contributed by atoms with E-state index in [0.717, 1.165) is 6.29 Å². The topological polar surface area (TPSA) is 43.1 Å². The van der Waals surface area contributed by atoms with Gasteiger partial charge in [-0.2, -0.15) is 0 Å². The van der Waals surface area contributed by atoms with E-state index in [1.807, 2.05) is 0 Å². The van der Waals surface area contributed by atoms with Crippen molar-refractivity contribution in [3.8, 4) is 11.5 Å². The molecule has 0 aliphatic rings. The van der Waals surface area contributed by atoms with Crippen molar-refractivity contribution in [1.29, 1.82) is 0 Å². The number of pyridine rings is 1. The molecule has 0 aliphatic heterocycles. The molecule has 0 amide bonds. The molecular weight excluding hydrogens is 166 g/mol. The molecule has 0 fully saturated rings. The Hall–Kier alpha value is -1.90. The summed E-state index contributed by atoms with van der Waals surface area (Å²) in [7, 11) is 0. The summed E-state index contributed by atoms with van der Waals surface area (Å²) in [5, 5.41) is 0. The third-order valence-corrected chi connectivity index (χ3v) is 1.72. The highest BCUT2D eigenvalue weighted by molar-refractivity contribution is 5.83. The molecule has 0 radical (unpaired) electrons. The van der Waals surface area contributed by atoms with Crippen LogP contribution in [-0.4, -0.2) is 11.3 Å². The molecular formula is C10H7NO2. The maximum Gasteiger partial charge on any atom is 0.152 e. The van der Waals surface area contributed by atoms with Crippen molar-refractivity contribution >= 4 is 6.29 Å². The predicted molar refractivity (Wildman–Crippen MR) is 47.3 cm³/mol. The fraction of sp³-hybridized carbons (Fsp3) is 0. The second kappa shape index (κ2) is 3.23. The van der Waals surface area contributed by atoms with Gasteiger partial charge in [0, 0.05) is 11.8 Å². The van der Waals surface area contributed by atoms with E-state index < -0.39 is 0 Å². The van der Waals surface area contributed by atoms with Crippen LogP contribution in [0.25, 0.3) is 11.5 Å². The Morgan fingerprint density at radius 1 is 1.31 bits per heavy atom. The molecule has 0 bridgehead atoms. The van der Waals surface area contributed by atoms with Crippen molar-refractivity contribution in [2.75, 3.05) is 0 Å². The number of rotatable bonds is 2. The summed E-state index contributed by atoms with van der Waals surface area (Å²) in [6.07, 6.45) is 3.95.